The molecule has 58 valence electrons. The molecular formula is C2H2F6S. The van der Waals surface area contributed by atoms with Crippen LogP contribution in [0.4, 0.5) is 26.3 Å². The van der Waals surface area contributed by atoms with E-state index in [0.29, 0.717) is 0 Å². The second-order valence-electron chi connectivity index (χ2n) is 1.12. The van der Waals surface area contributed by atoms with Crippen molar-refractivity contribution in [1.29, 1.82) is 0 Å². The Morgan fingerprint density at radius 2 is 0.889 bits per heavy atom. The van der Waals surface area contributed by atoms with Gasteiger partial charge in [-0.25, -0.2) is 0 Å². The van der Waals surface area contributed by atoms with Crippen molar-refractivity contribution in [3.63, 3.8) is 0 Å². The molecule has 0 amide bonds. The summed E-state index contributed by atoms with van der Waals surface area (Å²) in [6.07, 6.45) is 0. The molecule has 0 aliphatic rings. The smallest absolute Gasteiger partial charge is 0.162 e. The highest BCUT2D eigenvalue weighted by atomic mass is 32.2. The van der Waals surface area contributed by atoms with Crippen LogP contribution in [0, 0.1) is 0 Å². The van der Waals surface area contributed by atoms with Crippen LogP contribution in [0.25, 0.3) is 0 Å². The van der Waals surface area contributed by atoms with E-state index in [-0.39, 0.29) is 0 Å². The van der Waals surface area contributed by atoms with Gasteiger partial charge in [0, 0.05) is 0 Å². The van der Waals surface area contributed by atoms with Crippen LogP contribution < -0.4 is 0 Å². The molecule has 0 aromatic carbocycles. The van der Waals surface area contributed by atoms with Crippen LogP contribution in [-0.4, -0.2) is 11.0 Å². The normalized spacial score (nSPS) is 14.4. The number of hydrogen-bond acceptors (Lipinski definition) is 0. The lowest BCUT2D eigenvalue weighted by atomic mass is 11.5. The van der Waals surface area contributed by atoms with Crippen molar-refractivity contribution in [3.05, 3.63) is 0 Å². The summed E-state index contributed by atoms with van der Waals surface area (Å²) in [4.78, 5) is 0. The third-order valence-corrected chi connectivity index (χ3v) is 0.850. The molecule has 0 aromatic rings. The fourth-order valence-electron chi connectivity index (χ4n) is 0.161. The Labute approximate surface area is 50.2 Å². The second kappa shape index (κ2) is 2.28. The highest BCUT2D eigenvalue weighted by Gasteiger charge is 2.41. The lowest BCUT2D eigenvalue weighted by Gasteiger charge is -2.10. The fourth-order valence-corrected chi connectivity index (χ4v) is 0.482. The molecule has 0 aliphatic heterocycles. The topological polar surface area (TPSA) is 0 Å². The zero-order valence-corrected chi connectivity index (χ0v) is 4.77. The quantitative estimate of drug-likeness (QED) is 0.491. The molecular weight excluding hydrogens is 170 g/mol. The molecule has 0 heterocycles. The Bertz CT molecular complexity index is 76.2. The largest absolute Gasteiger partial charge is 0.428 e. The van der Waals surface area contributed by atoms with Crippen LogP contribution in [0.2, 0.25) is 0 Å². The summed E-state index contributed by atoms with van der Waals surface area (Å²) in [6, 6.07) is 0. The maximum Gasteiger partial charge on any atom is 0.428 e. The average molecular weight is 172 g/mol. The fraction of sp³-hybridized carbons (Fsp3) is 1.00. The van der Waals surface area contributed by atoms with E-state index in [9.17, 15) is 26.3 Å². The zero-order valence-electron chi connectivity index (χ0n) is 3.77. The number of rotatable bonds is 0. The van der Waals surface area contributed by atoms with Crippen molar-refractivity contribution < 1.29 is 26.3 Å². The van der Waals surface area contributed by atoms with E-state index in [4.69, 9.17) is 0 Å². The predicted octanol–water partition coefficient (Wildman–Crippen LogP) is 2.22. The van der Waals surface area contributed by atoms with Crippen molar-refractivity contribution in [2.45, 2.75) is 11.0 Å². The van der Waals surface area contributed by atoms with Crippen molar-refractivity contribution in [2.75, 3.05) is 0 Å². The average Bonchev–Trinajstić information content (AvgIpc) is 1.14. The van der Waals surface area contributed by atoms with Gasteiger partial charge in [-0.2, -0.15) is 26.3 Å². The molecule has 0 saturated heterocycles. The van der Waals surface area contributed by atoms with E-state index >= 15 is 0 Å². The SMILES string of the molecule is FC(F)(F)[SH2]C(F)(F)F. The highest BCUT2D eigenvalue weighted by molar-refractivity contribution is 8.00. The highest BCUT2D eigenvalue weighted by Crippen LogP contribution is 2.43. The Morgan fingerprint density at radius 3 is 0.889 bits per heavy atom. The summed E-state index contributed by atoms with van der Waals surface area (Å²) >= 11 is -2.95. The molecule has 0 unspecified atom stereocenters. The molecule has 0 bridgehead atoms. The van der Waals surface area contributed by atoms with Crippen LogP contribution in [-0.2, 0) is 0 Å². The lowest BCUT2D eigenvalue weighted by molar-refractivity contribution is -0.0696. The van der Waals surface area contributed by atoms with Crippen LogP contribution in [0.5, 0.6) is 0 Å². The van der Waals surface area contributed by atoms with Gasteiger partial charge in [-0.15, -0.1) is 0 Å². The minimum absolute atomic E-state index is 2.95. The molecule has 0 fully saturated rings. The molecule has 0 saturated carbocycles. The Kier molecular flexibility index (Phi) is 2.26. The van der Waals surface area contributed by atoms with Crippen molar-refractivity contribution in [3.8, 4) is 0 Å². The van der Waals surface area contributed by atoms with E-state index < -0.39 is 22.8 Å². The number of hydrogen-bond donors (Lipinski definition) is 0. The standard InChI is InChI=1S/C2H2F6S/c3-1(4,5)9-2(6,7)8/h9H2. The van der Waals surface area contributed by atoms with Gasteiger partial charge in [-0.1, -0.05) is 11.8 Å². The minimum Gasteiger partial charge on any atom is -0.162 e. The minimum atomic E-state index is -5.11. The summed E-state index contributed by atoms with van der Waals surface area (Å²) in [5.41, 5.74) is -10.2. The van der Waals surface area contributed by atoms with Gasteiger partial charge >= 0.3 is 11.0 Å². The van der Waals surface area contributed by atoms with E-state index in [1.54, 1.807) is 0 Å². The molecule has 0 nitrogen and oxygen atoms in total. The maximum atomic E-state index is 10.8. The van der Waals surface area contributed by atoms with Gasteiger partial charge in [0.05, 0.1) is 0 Å². The van der Waals surface area contributed by atoms with Crippen molar-refractivity contribution >= 4 is 11.8 Å². The van der Waals surface area contributed by atoms with Crippen LogP contribution in [0.3, 0.4) is 0 Å². The molecule has 7 heteroatoms. The van der Waals surface area contributed by atoms with Gasteiger partial charge in [0.1, 0.15) is 0 Å². The van der Waals surface area contributed by atoms with Gasteiger partial charge in [0.2, 0.25) is 0 Å². The summed E-state index contributed by atoms with van der Waals surface area (Å²) in [5.74, 6) is 0. The van der Waals surface area contributed by atoms with Crippen LogP contribution in [0.1, 0.15) is 0 Å². The van der Waals surface area contributed by atoms with Crippen molar-refractivity contribution in [1.82, 2.24) is 0 Å². The first-order valence-electron chi connectivity index (χ1n) is 1.63. The van der Waals surface area contributed by atoms with E-state index in [1.165, 1.54) is 0 Å². The Hall–Kier alpha value is -0.0700. The number of halogens is 6. The molecule has 0 aliphatic carbocycles. The van der Waals surface area contributed by atoms with E-state index in [0.717, 1.165) is 0 Å². The van der Waals surface area contributed by atoms with Gasteiger partial charge < -0.3 is 0 Å². The van der Waals surface area contributed by atoms with Gasteiger partial charge in [-0.05, 0) is 0 Å². The Balaban J connectivity index is 3.75. The zero-order chi connectivity index (χ0) is 7.71. The first-order valence-corrected chi connectivity index (χ1v) is 2.63. The monoisotopic (exact) mass is 172 g/mol. The van der Waals surface area contributed by atoms with Crippen LogP contribution >= 0.6 is 11.8 Å². The molecule has 0 rings (SSSR count). The molecule has 0 aromatic heterocycles. The lowest BCUT2D eigenvalue weighted by Crippen LogP contribution is -2.11. The molecule has 0 N–H and O–H groups in total. The van der Waals surface area contributed by atoms with Gasteiger partial charge in [-0.3, -0.25) is 0 Å². The van der Waals surface area contributed by atoms with Crippen LogP contribution in [0.15, 0.2) is 0 Å². The predicted molar refractivity (Wildman–Crippen MR) is 22.5 cm³/mol. The molecule has 0 radical (unpaired) electrons. The molecule has 9 heavy (non-hydrogen) atoms. The Morgan fingerprint density at radius 1 is 0.667 bits per heavy atom. The summed E-state index contributed by atoms with van der Waals surface area (Å²) in [6.45, 7) is 0. The molecule has 0 spiro atoms. The number of alkyl halides is 6. The third-order valence-electron chi connectivity index (χ3n) is 0.283. The van der Waals surface area contributed by atoms with Crippen molar-refractivity contribution in [2.24, 2.45) is 0 Å². The molecule has 0 atom stereocenters. The first-order chi connectivity index (χ1) is 3.71. The summed E-state index contributed by atoms with van der Waals surface area (Å²) in [7, 11) is 0. The van der Waals surface area contributed by atoms with E-state index in [1.807, 2.05) is 0 Å². The summed E-state index contributed by atoms with van der Waals surface area (Å²) in [5, 5.41) is 0. The summed E-state index contributed by atoms with van der Waals surface area (Å²) < 4.78 is 65.1. The van der Waals surface area contributed by atoms with Gasteiger partial charge in [0.25, 0.3) is 0 Å². The second-order valence-corrected chi connectivity index (χ2v) is 2.50. The third kappa shape index (κ3) is 7.93. The van der Waals surface area contributed by atoms with Gasteiger partial charge in [0.15, 0.2) is 0 Å². The van der Waals surface area contributed by atoms with E-state index in [2.05, 4.69) is 0 Å². The first kappa shape index (κ1) is 8.93. The maximum absolute atomic E-state index is 10.8.